The minimum atomic E-state index is 0.779. The maximum absolute atomic E-state index is 6.41. The summed E-state index contributed by atoms with van der Waals surface area (Å²) < 4.78 is 13.5. The van der Waals surface area contributed by atoms with E-state index in [-0.39, 0.29) is 0 Å². The minimum absolute atomic E-state index is 0.779. The molecule has 0 spiro atoms. The van der Waals surface area contributed by atoms with Crippen LogP contribution in [0.2, 0.25) is 0 Å². The minimum Gasteiger partial charge on any atom is -0.456 e. The quantitative estimate of drug-likeness (QED) is 0.178. The number of hydrogen-bond acceptors (Lipinski definition) is 3. The van der Waals surface area contributed by atoms with E-state index in [0.29, 0.717) is 0 Å². The van der Waals surface area contributed by atoms with Crippen LogP contribution in [0.25, 0.3) is 105 Å². The SMILES string of the molecule is c1ccc(-c2nnc(-c3ccccc3)n2-c2cccc3c4ccccc4n(-c4ccccc4-n4c5ccccc5c5c6c(ccc54)oc4ccccc46)c23)cc1. The Kier molecular flexibility index (Phi) is 6.53. The van der Waals surface area contributed by atoms with Crippen molar-refractivity contribution in [1.82, 2.24) is 23.9 Å². The highest BCUT2D eigenvalue weighted by Gasteiger charge is 2.25. The monoisotopic (exact) mass is 717 g/mol. The van der Waals surface area contributed by atoms with Crippen molar-refractivity contribution in [1.29, 1.82) is 0 Å². The fourth-order valence-corrected chi connectivity index (χ4v) is 8.87. The van der Waals surface area contributed by atoms with Crippen molar-refractivity contribution < 1.29 is 4.42 Å². The number of nitrogens with zero attached hydrogens (tertiary/aromatic N) is 5. The van der Waals surface area contributed by atoms with Crippen LogP contribution in [-0.4, -0.2) is 23.9 Å². The second-order valence-corrected chi connectivity index (χ2v) is 14.2. The lowest BCUT2D eigenvalue weighted by Crippen LogP contribution is -2.06. The predicted octanol–water partition coefficient (Wildman–Crippen LogP) is 12.7. The third-order valence-electron chi connectivity index (χ3n) is 11.2. The van der Waals surface area contributed by atoms with Gasteiger partial charge >= 0.3 is 0 Å². The van der Waals surface area contributed by atoms with Gasteiger partial charge in [0.25, 0.3) is 0 Å². The Morgan fingerprint density at radius 1 is 0.321 bits per heavy atom. The first-order valence-electron chi connectivity index (χ1n) is 18.9. The van der Waals surface area contributed by atoms with Gasteiger partial charge in [-0.2, -0.15) is 0 Å². The van der Waals surface area contributed by atoms with Gasteiger partial charge in [0.1, 0.15) is 11.2 Å². The van der Waals surface area contributed by atoms with E-state index in [2.05, 4.69) is 184 Å². The molecular weight excluding hydrogens is 687 g/mol. The van der Waals surface area contributed by atoms with E-state index in [1.807, 2.05) is 18.2 Å². The summed E-state index contributed by atoms with van der Waals surface area (Å²) in [5.74, 6) is 1.56. The molecule has 6 heteroatoms. The molecule has 0 aliphatic carbocycles. The maximum Gasteiger partial charge on any atom is 0.168 e. The average Bonchev–Trinajstić information content (AvgIpc) is 4.04. The van der Waals surface area contributed by atoms with Crippen LogP contribution in [0.4, 0.5) is 0 Å². The van der Waals surface area contributed by atoms with Gasteiger partial charge in [-0.15, -0.1) is 10.2 Å². The molecule has 4 heterocycles. The first-order chi connectivity index (χ1) is 27.8. The zero-order valence-electron chi connectivity index (χ0n) is 30.0. The molecule has 56 heavy (non-hydrogen) atoms. The number of benzene rings is 8. The van der Waals surface area contributed by atoms with Crippen molar-refractivity contribution in [2.45, 2.75) is 0 Å². The fourth-order valence-electron chi connectivity index (χ4n) is 8.87. The topological polar surface area (TPSA) is 53.7 Å². The number of para-hydroxylation sites is 6. The first kappa shape index (κ1) is 30.7. The smallest absolute Gasteiger partial charge is 0.168 e. The zero-order chi connectivity index (χ0) is 36.7. The van der Waals surface area contributed by atoms with Gasteiger partial charge in [0.2, 0.25) is 0 Å². The van der Waals surface area contributed by atoms with Gasteiger partial charge in [-0.25, -0.2) is 0 Å². The molecule has 0 saturated carbocycles. The highest BCUT2D eigenvalue weighted by Crippen LogP contribution is 2.44. The van der Waals surface area contributed by atoms with Gasteiger partial charge < -0.3 is 13.6 Å². The summed E-state index contributed by atoms with van der Waals surface area (Å²) in [6.45, 7) is 0. The van der Waals surface area contributed by atoms with E-state index in [1.54, 1.807) is 0 Å². The Bertz CT molecular complexity index is 3420. The molecular formula is C50H31N5O. The van der Waals surface area contributed by atoms with Gasteiger partial charge in [0.05, 0.1) is 39.1 Å². The van der Waals surface area contributed by atoms with E-state index in [4.69, 9.17) is 14.6 Å². The summed E-state index contributed by atoms with van der Waals surface area (Å²) in [5.41, 5.74) is 11.3. The molecule has 0 radical (unpaired) electrons. The Morgan fingerprint density at radius 3 is 1.57 bits per heavy atom. The van der Waals surface area contributed by atoms with Crippen LogP contribution < -0.4 is 0 Å². The Morgan fingerprint density at radius 2 is 0.857 bits per heavy atom. The highest BCUT2D eigenvalue weighted by molar-refractivity contribution is 6.27. The molecule has 0 saturated heterocycles. The molecule has 0 fully saturated rings. The Balaban J connectivity index is 1.21. The molecule has 0 N–H and O–H groups in total. The number of furan rings is 1. The lowest BCUT2D eigenvalue weighted by atomic mass is 10.1. The average molecular weight is 718 g/mol. The second kappa shape index (κ2) is 11.9. The summed E-state index contributed by atoms with van der Waals surface area (Å²) in [4.78, 5) is 0. The van der Waals surface area contributed by atoms with Crippen molar-refractivity contribution in [3.63, 3.8) is 0 Å². The molecule has 0 aliphatic rings. The molecule has 0 amide bonds. The summed E-state index contributed by atoms with van der Waals surface area (Å²) >= 11 is 0. The van der Waals surface area contributed by atoms with E-state index < -0.39 is 0 Å². The van der Waals surface area contributed by atoms with Gasteiger partial charge in [-0.3, -0.25) is 4.57 Å². The zero-order valence-corrected chi connectivity index (χ0v) is 30.0. The number of hydrogen-bond donors (Lipinski definition) is 0. The molecule has 262 valence electrons. The summed E-state index contributed by atoms with van der Waals surface area (Å²) in [5, 5.41) is 16.7. The molecule has 4 aromatic heterocycles. The van der Waals surface area contributed by atoms with E-state index in [0.717, 1.165) is 89.2 Å². The largest absolute Gasteiger partial charge is 0.456 e. The van der Waals surface area contributed by atoms with Crippen molar-refractivity contribution in [2.75, 3.05) is 0 Å². The number of fused-ring (bicyclic) bond motifs is 10. The Labute approximate surface area is 320 Å². The molecule has 0 aliphatic heterocycles. The van der Waals surface area contributed by atoms with Gasteiger partial charge in [-0.05, 0) is 48.5 Å². The third kappa shape index (κ3) is 4.32. The molecule has 6 nitrogen and oxygen atoms in total. The molecule has 8 aromatic carbocycles. The molecule has 12 aromatic rings. The molecule has 0 atom stereocenters. The predicted molar refractivity (Wildman–Crippen MR) is 228 cm³/mol. The Hall–Kier alpha value is -7.70. The lowest BCUT2D eigenvalue weighted by molar-refractivity contribution is 0.669. The van der Waals surface area contributed by atoms with E-state index in [9.17, 15) is 0 Å². The van der Waals surface area contributed by atoms with Crippen LogP contribution in [0.3, 0.4) is 0 Å². The van der Waals surface area contributed by atoms with Crippen molar-refractivity contribution in [3.8, 4) is 39.8 Å². The summed E-state index contributed by atoms with van der Waals surface area (Å²) in [6, 6.07) is 66.1. The summed E-state index contributed by atoms with van der Waals surface area (Å²) in [6.07, 6.45) is 0. The summed E-state index contributed by atoms with van der Waals surface area (Å²) in [7, 11) is 0. The lowest BCUT2D eigenvalue weighted by Gasteiger charge is -2.19. The van der Waals surface area contributed by atoms with E-state index >= 15 is 0 Å². The number of aromatic nitrogens is 5. The van der Waals surface area contributed by atoms with Gasteiger partial charge in [0, 0.05) is 43.4 Å². The van der Waals surface area contributed by atoms with Crippen molar-refractivity contribution in [2.24, 2.45) is 0 Å². The fraction of sp³-hybridized carbons (Fsp3) is 0. The van der Waals surface area contributed by atoms with Gasteiger partial charge in [-0.1, -0.05) is 140 Å². The van der Waals surface area contributed by atoms with Gasteiger partial charge in [0.15, 0.2) is 11.6 Å². The third-order valence-corrected chi connectivity index (χ3v) is 11.2. The van der Waals surface area contributed by atoms with Crippen LogP contribution in [0, 0.1) is 0 Å². The number of rotatable bonds is 5. The first-order valence-corrected chi connectivity index (χ1v) is 18.9. The molecule has 0 bridgehead atoms. The van der Waals surface area contributed by atoms with Crippen LogP contribution in [-0.2, 0) is 0 Å². The maximum atomic E-state index is 6.41. The van der Waals surface area contributed by atoms with Crippen molar-refractivity contribution in [3.05, 3.63) is 188 Å². The highest BCUT2D eigenvalue weighted by atomic mass is 16.3. The molecule has 12 rings (SSSR count). The normalized spacial score (nSPS) is 11.9. The second-order valence-electron chi connectivity index (χ2n) is 14.2. The molecule has 0 unspecified atom stereocenters. The van der Waals surface area contributed by atoms with Crippen molar-refractivity contribution >= 4 is 65.6 Å². The van der Waals surface area contributed by atoms with Crippen LogP contribution >= 0.6 is 0 Å². The standard InChI is InChI=1S/C50H31N5O/c1-3-16-32(17-4-1)49-51-52-50(33-18-5-2-6-19-33)55(49)43-28-15-23-35-34-20-7-10-24-38(34)54(48(35)43)41-27-13-12-26-40(41)53-39-25-11-8-21-36(39)46-42(53)30-31-45-47(46)37-22-9-14-29-44(37)56-45/h1-31H. The van der Waals surface area contributed by atoms with Crippen LogP contribution in [0.15, 0.2) is 192 Å². The van der Waals surface area contributed by atoms with E-state index in [1.165, 1.54) is 16.2 Å². The van der Waals surface area contributed by atoms with Crippen LogP contribution in [0.1, 0.15) is 0 Å². The van der Waals surface area contributed by atoms with Crippen LogP contribution in [0.5, 0.6) is 0 Å².